The molecule has 0 radical (unpaired) electrons. The van der Waals surface area contributed by atoms with Crippen LogP contribution in [-0.2, 0) is 15.0 Å². The van der Waals surface area contributed by atoms with Crippen LogP contribution in [0.25, 0.3) is 0 Å². The van der Waals surface area contributed by atoms with E-state index in [2.05, 4.69) is 64.2 Å². The Hall–Kier alpha value is -1.90. The van der Waals surface area contributed by atoms with Crippen molar-refractivity contribution in [1.29, 1.82) is 0 Å². The number of hydrogen-bond donors (Lipinski definition) is 1. The number of rotatable bonds is 1. The fraction of sp³-hybridized carbons (Fsp3) is 0.524. The van der Waals surface area contributed by atoms with Gasteiger partial charge in [0.15, 0.2) is 5.78 Å². The van der Waals surface area contributed by atoms with Gasteiger partial charge in [-0.15, -0.1) is 0 Å². The minimum absolute atomic E-state index is 0.0177. The van der Waals surface area contributed by atoms with E-state index in [0.717, 1.165) is 23.3 Å². The van der Waals surface area contributed by atoms with E-state index < -0.39 is 0 Å². The van der Waals surface area contributed by atoms with Crippen LogP contribution in [0.2, 0.25) is 0 Å². The van der Waals surface area contributed by atoms with Gasteiger partial charge in [-0.2, -0.15) is 0 Å². The van der Waals surface area contributed by atoms with Crippen molar-refractivity contribution >= 4 is 11.7 Å². The minimum Gasteiger partial charge on any atom is -0.329 e. The molecule has 3 nitrogen and oxygen atoms in total. The quantitative estimate of drug-likeness (QED) is 0.840. The van der Waals surface area contributed by atoms with Gasteiger partial charge in [-0.25, -0.2) is 0 Å². The molecule has 1 aromatic rings. The van der Waals surface area contributed by atoms with Gasteiger partial charge in [0.1, 0.15) is 0 Å². The number of hydrogen-bond acceptors (Lipinski definition) is 2. The van der Waals surface area contributed by atoms with E-state index in [1.165, 1.54) is 5.56 Å². The second-order valence-electron chi connectivity index (χ2n) is 9.01. The highest BCUT2D eigenvalue weighted by Crippen LogP contribution is 2.44. The lowest BCUT2D eigenvalue weighted by atomic mass is 9.69. The largest absolute Gasteiger partial charge is 0.329 e. The van der Waals surface area contributed by atoms with E-state index in [-0.39, 0.29) is 28.4 Å². The molecule has 1 aliphatic carbocycles. The lowest BCUT2D eigenvalue weighted by Crippen LogP contribution is -2.40. The number of carbonyl (C=O) groups is 2. The summed E-state index contributed by atoms with van der Waals surface area (Å²) in [6.07, 6.45) is 1.68. The Kier molecular flexibility index (Phi) is 3.94. The van der Waals surface area contributed by atoms with E-state index in [9.17, 15) is 9.59 Å². The normalized spacial score (nSPS) is 23.8. The first-order chi connectivity index (χ1) is 11.1. The zero-order chi connectivity index (χ0) is 17.7. The fourth-order valence-electron chi connectivity index (χ4n) is 3.86. The van der Waals surface area contributed by atoms with Gasteiger partial charge in [0, 0.05) is 30.0 Å². The molecular weight excluding hydrogens is 298 g/mol. The highest BCUT2D eigenvalue weighted by molar-refractivity contribution is 6.02. The van der Waals surface area contributed by atoms with Crippen LogP contribution in [0.4, 0.5) is 0 Å². The van der Waals surface area contributed by atoms with Gasteiger partial charge in [0.2, 0.25) is 5.91 Å². The van der Waals surface area contributed by atoms with Gasteiger partial charge in [-0.1, -0.05) is 58.9 Å². The Bertz CT molecular complexity index is 717. The third kappa shape index (κ3) is 3.17. The van der Waals surface area contributed by atoms with Gasteiger partial charge in [0.25, 0.3) is 0 Å². The molecule has 1 heterocycles. The van der Waals surface area contributed by atoms with Crippen LogP contribution in [0, 0.1) is 5.41 Å². The first-order valence-electron chi connectivity index (χ1n) is 8.73. The Morgan fingerprint density at radius 1 is 1.04 bits per heavy atom. The third-order valence-corrected chi connectivity index (χ3v) is 5.13. The summed E-state index contributed by atoms with van der Waals surface area (Å²) in [5.74, 6) is 0.0988. The van der Waals surface area contributed by atoms with Crippen LogP contribution in [-0.4, -0.2) is 11.7 Å². The molecule has 24 heavy (non-hydrogen) atoms. The highest BCUT2D eigenvalue weighted by Gasteiger charge is 2.40. The minimum atomic E-state index is -0.105. The van der Waals surface area contributed by atoms with Crippen molar-refractivity contribution in [3.05, 3.63) is 46.7 Å². The summed E-state index contributed by atoms with van der Waals surface area (Å²) in [6.45, 7) is 10.7. The highest BCUT2D eigenvalue weighted by atomic mass is 16.2. The summed E-state index contributed by atoms with van der Waals surface area (Å²) in [5, 5.41) is 2.96. The summed E-state index contributed by atoms with van der Waals surface area (Å²) in [6, 6.07) is 8.42. The van der Waals surface area contributed by atoms with Crippen molar-refractivity contribution in [2.24, 2.45) is 5.41 Å². The van der Waals surface area contributed by atoms with Crippen LogP contribution < -0.4 is 5.32 Å². The molecule has 0 fully saturated rings. The predicted octanol–water partition coefficient (Wildman–Crippen LogP) is 4.23. The summed E-state index contributed by atoms with van der Waals surface area (Å²) in [5.41, 5.74) is 4.02. The lowest BCUT2D eigenvalue weighted by Gasteiger charge is -2.38. The van der Waals surface area contributed by atoms with E-state index in [0.29, 0.717) is 12.8 Å². The van der Waals surface area contributed by atoms with Gasteiger partial charge in [-0.05, 0) is 28.4 Å². The number of nitrogens with one attached hydrogen (secondary N) is 1. The molecule has 0 saturated carbocycles. The number of ketones is 1. The topological polar surface area (TPSA) is 46.2 Å². The van der Waals surface area contributed by atoms with E-state index >= 15 is 0 Å². The van der Waals surface area contributed by atoms with Crippen LogP contribution in [0.3, 0.4) is 0 Å². The molecule has 128 valence electrons. The number of carbonyl (C=O) groups excluding carboxylic acids is 2. The summed E-state index contributed by atoms with van der Waals surface area (Å²) < 4.78 is 0. The molecule has 1 unspecified atom stereocenters. The Morgan fingerprint density at radius 3 is 2.25 bits per heavy atom. The van der Waals surface area contributed by atoms with Crippen molar-refractivity contribution in [2.45, 2.75) is 65.2 Å². The molecule has 1 N–H and O–H groups in total. The molecule has 2 aliphatic rings. The van der Waals surface area contributed by atoms with Crippen molar-refractivity contribution < 1.29 is 9.59 Å². The molecule has 1 amide bonds. The average Bonchev–Trinajstić information content (AvgIpc) is 2.43. The second-order valence-corrected chi connectivity index (χ2v) is 9.01. The van der Waals surface area contributed by atoms with Gasteiger partial charge in [-0.3, -0.25) is 9.59 Å². The van der Waals surface area contributed by atoms with Crippen molar-refractivity contribution in [3.8, 4) is 0 Å². The molecule has 3 heteroatoms. The number of benzene rings is 1. The molecular formula is C21H27NO2. The molecule has 0 aromatic heterocycles. The SMILES string of the molecule is CC1(C)CC(=O)C2=C(C1)NC(=O)CC2c1ccc(C(C)(C)C)cc1. The maximum Gasteiger partial charge on any atom is 0.225 e. The van der Waals surface area contributed by atoms with E-state index in [1.54, 1.807) is 0 Å². The second kappa shape index (κ2) is 5.58. The van der Waals surface area contributed by atoms with Gasteiger partial charge >= 0.3 is 0 Å². The summed E-state index contributed by atoms with van der Waals surface area (Å²) in [7, 11) is 0. The predicted molar refractivity (Wildman–Crippen MR) is 95.7 cm³/mol. The summed E-state index contributed by atoms with van der Waals surface area (Å²) in [4.78, 5) is 24.9. The van der Waals surface area contributed by atoms with E-state index in [4.69, 9.17) is 0 Å². The molecule has 0 spiro atoms. The molecule has 1 atom stereocenters. The standard InChI is InChI=1S/C21H27NO2/c1-20(2,3)14-8-6-13(7-9-14)15-10-18(24)22-16-11-21(4,5)12-17(23)19(15)16/h6-9,15H,10-12H2,1-5H3,(H,22,24). The van der Waals surface area contributed by atoms with Crippen LogP contribution in [0.15, 0.2) is 35.5 Å². The number of amides is 1. The third-order valence-electron chi connectivity index (χ3n) is 5.13. The van der Waals surface area contributed by atoms with Crippen molar-refractivity contribution in [1.82, 2.24) is 5.32 Å². The van der Waals surface area contributed by atoms with E-state index in [1.807, 2.05) is 0 Å². The van der Waals surface area contributed by atoms with Gasteiger partial charge < -0.3 is 5.32 Å². The molecule has 0 bridgehead atoms. The smallest absolute Gasteiger partial charge is 0.225 e. The van der Waals surface area contributed by atoms with Crippen LogP contribution in [0.5, 0.6) is 0 Å². The van der Waals surface area contributed by atoms with Crippen molar-refractivity contribution in [3.63, 3.8) is 0 Å². The van der Waals surface area contributed by atoms with Gasteiger partial charge in [0.05, 0.1) is 0 Å². The molecule has 3 rings (SSSR count). The Morgan fingerprint density at radius 2 is 1.67 bits per heavy atom. The maximum atomic E-state index is 12.8. The number of allylic oxidation sites excluding steroid dienone is 2. The Labute approximate surface area is 144 Å². The maximum absolute atomic E-state index is 12.8. The monoisotopic (exact) mass is 325 g/mol. The molecule has 0 saturated heterocycles. The molecule has 1 aliphatic heterocycles. The fourth-order valence-corrected chi connectivity index (χ4v) is 3.86. The molecule has 1 aromatic carbocycles. The zero-order valence-corrected chi connectivity index (χ0v) is 15.3. The first-order valence-corrected chi connectivity index (χ1v) is 8.73. The first kappa shape index (κ1) is 16.9. The zero-order valence-electron chi connectivity index (χ0n) is 15.3. The van der Waals surface area contributed by atoms with Crippen LogP contribution in [0.1, 0.15) is 70.9 Å². The number of Topliss-reactive ketones (excluding diaryl/α,β-unsaturated/α-hetero) is 1. The summed E-state index contributed by atoms with van der Waals surface area (Å²) >= 11 is 0. The average molecular weight is 325 g/mol. The Balaban J connectivity index is 2.00. The van der Waals surface area contributed by atoms with Crippen LogP contribution >= 0.6 is 0 Å². The lowest BCUT2D eigenvalue weighted by molar-refractivity contribution is -0.122. The van der Waals surface area contributed by atoms with Crippen molar-refractivity contribution in [2.75, 3.05) is 0 Å².